The summed E-state index contributed by atoms with van der Waals surface area (Å²) in [4.78, 5) is 22.8. The second-order valence-electron chi connectivity index (χ2n) is 7.08. The maximum atomic E-state index is 13.1. The number of nitrogens with zero attached hydrogens (tertiary/aromatic N) is 1. The van der Waals surface area contributed by atoms with Crippen LogP contribution >= 0.6 is 11.8 Å². The summed E-state index contributed by atoms with van der Waals surface area (Å²) in [5.41, 5.74) is 2.10. The molecule has 0 radical (unpaired) electrons. The molecule has 0 saturated carbocycles. The summed E-state index contributed by atoms with van der Waals surface area (Å²) in [6.07, 6.45) is 0.754. The van der Waals surface area contributed by atoms with Crippen molar-refractivity contribution in [3.05, 3.63) is 54.1 Å². The SMILES string of the molecule is CC1(C)SCCN(S(=O)(=O)c2ccc(-c3cccc(C=O)c3)cc2)C1C(=O)O. The minimum absolute atomic E-state index is 0.0525. The first-order chi connectivity index (χ1) is 13.2. The summed E-state index contributed by atoms with van der Waals surface area (Å²) >= 11 is 1.46. The van der Waals surface area contributed by atoms with Crippen molar-refractivity contribution in [1.29, 1.82) is 0 Å². The summed E-state index contributed by atoms with van der Waals surface area (Å²) in [5.74, 6) is -0.616. The molecule has 1 N–H and O–H groups in total. The Morgan fingerprint density at radius 2 is 1.86 bits per heavy atom. The molecule has 0 amide bonds. The molecule has 0 bridgehead atoms. The number of carboxylic acids is 1. The Labute approximate surface area is 168 Å². The fourth-order valence-electron chi connectivity index (χ4n) is 3.38. The Morgan fingerprint density at radius 1 is 1.18 bits per heavy atom. The third-order valence-electron chi connectivity index (χ3n) is 4.78. The first kappa shape index (κ1) is 20.6. The normalized spacial score (nSPS) is 19.9. The van der Waals surface area contributed by atoms with Gasteiger partial charge in [0.05, 0.1) is 4.90 Å². The topological polar surface area (TPSA) is 91.8 Å². The number of aldehydes is 1. The zero-order valence-corrected chi connectivity index (χ0v) is 17.2. The molecule has 3 rings (SSSR count). The molecule has 0 aliphatic carbocycles. The molecule has 1 unspecified atom stereocenters. The fourth-order valence-corrected chi connectivity index (χ4v) is 6.48. The quantitative estimate of drug-likeness (QED) is 0.749. The lowest BCUT2D eigenvalue weighted by Crippen LogP contribution is -2.58. The fraction of sp³-hybridized carbons (Fsp3) is 0.300. The standard InChI is InChI=1S/C20H21NO5S2/c1-20(2)18(19(23)24)21(10-11-27-20)28(25,26)17-8-6-15(7-9-17)16-5-3-4-14(12-16)13-22/h3-9,12-13,18H,10-11H2,1-2H3,(H,23,24). The van der Waals surface area contributed by atoms with E-state index < -0.39 is 26.8 Å². The van der Waals surface area contributed by atoms with E-state index in [1.54, 1.807) is 44.2 Å². The van der Waals surface area contributed by atoms with Crippen LogP contribution in [0.15, 0.2) is 53.4 Å². The first-order valence-corrected chi connectivity index (χ1v) is 11.1. The van der Waals surface area contributed by atoms with E-state index in [1.807, 2.05) is 6.07 Å². The van der Waals surface area contributed by atoms with Crippen molar-refractivity contribution in [1.82, 2.24) is 4.31 Å². The van der Waals surface area contributed by atoms with E-state index in [4.69, 9.17) is 0 Å². The highest BCUT2D eigenvalue weighted by Crippen LogP contribution is 2.38. The minimum atomic E-state index is -3.96. The third kappa shape index (κ3) is 3.85. The molecule has 8 heteroatoms. The maximum Gasteiger partial charge on any atom is 0.323 e. The van der Waals surface area contributed by atoms with Crippen LogP contribution in [0.1, 0.15) is 24.2 Å². The average Bonchev–Trinajstić information content (AvgIpc) is 2.67. The van der Waals surface area contributed by atoms with Gasteiger partial charge in [0.2, 0.25) is 10.0 Å². The van der Waals surface area contributed by atoms with E-state index in [2.05, 4.69) is 0 Å². The van der Waals surface area contributed by atoms with Gasteiger partial charge in [-0.25, -0.2) is 8.42 Å². The molecule has 1 heterocycles. The Balaban J connectivity index is 1.95. The number of rotatable bonds is 5. The summed E-state index contributed by atoms with van der Waals surface area (Å²) in [7, 11) is -3.96. The monoisotopic (exact) mass is 419 g/mol. The molecule has 0 spiro atoms. The highest BCUT2D eigenvalue weighted by Gasteiger charge is 2.48. The maximum absolute atomic E-state index is 13.1. The van der Waals surface area contributed by atoms with E-state index in [0.29, 0.717) is 11.3 Å². The van der Waals surface area contributed by atoms with Crippen LogP contribution in [0.5, 0.6) is 0 Å². The van der Waals surface area contributed by atoms with Crippen molar-refractivity contribution in [3.63, 3.8) is 0 Å². The molecule has 6 nitrogen and oxygen atoms in total. The van der Waals surface area contributed by atoms with Crippen LogP contribution in [-0.2, 0) is 14.8 Å². The lowest BCUT2D eigenvalue weighted by molar-refractivity contribution is -0.142. The highest BCUT2D eigenvalue weighted by atomic mass is 32.2. The van der Waals surface area contributed by atoms with Gasteiger partial charge in [-0.05, 0) is 43.2 Å². The lowest BCUT2D eigenvalue weighted by Gasteiger charge is -2.42. The molecule has 2 aromatic rings. The molecule has 0 aromatic heterocycles. The summed E-state index contributed by atoms with van der Waals surface area (Å²) in [6.45, 7) is 3.65. The number of carbonyl (C=O) groups excluding carboxylic acids is 1. The Hall–Kier alpha value is -2.16. The van der Waals surface area contributed by atoms with Crippen LogP contribution in [-0.4, -0.2) is 53.2 Å². The van der Waals surface area contributed by atoms with E-state index in [9.17, 15) is 23.1 Å². The van der Waals surface area contributed by atoms with Crippen molar-refractivity contribution in [2.24, 2.45) is 0 Å². The molecule has 148 valence electrons. The largest absolute Gasteiger partial charge is 0.480 e. The average molecular weight is 420 g/mol. The number of hydrogen-bond acceptors (Lipinski definition) is 5. The number of sulfonamides is 1. The van der Waals surface area contributed by atoms with Gasteiger partial charge in [0.25, 0.3) is 0 Å². The van der Waals surface area contributed by atoms with Crippen LogP contribution in [0.3, 0.4) is 0 Å². The summed E-state index contributed by atoms with van der Waals surface area (Å²) in [5, 5.41) is 9.65. The number of aliphatic carboxylic acids is 1. The van der Waals surface area contributed by atoms with Gasteiger partial charge in [-0.2, -0.15) is 16.1 Å². The van der Waals surface area contributed by atoms with Crippen LogP contribution in [0.2, 0.25) is 0 Å². The zero-order chi connectivity index (χ0) is 20.5. The third-order valence-corrected chi connectivity index (χ3v) is 8.02. The smallest absolute Gasteiger partial charge is 0.323 e. The Kier molecular flexibility index (Phi) is 5.65. The number of hydrogen-bond donors (Lipinski definition) is 1. The van der Waals surface area contributed by atoms with Gasteiger partial charge in [0.1, 0.15) is 12.3 Å². The predicted molar refractivity (Wildman–Crippen MR) is 109 cm³/mol. The van der Waals surface area contributed by atoms with Crippen molar-refractivity contribution in [2.45, 2.75) is 29.5 Å². The second-order valence-corrected chi connectivity index (χ2v) is 10.7. The minimum Gasteiger partial charge on any atom is -0.480 e. The Bertz CT molecular complexity index is 1000. The van der Waals surface area contributed by atoms with Gasteiger partial charge in [0, 0.05) is 22.6 Å². The highest BCUT2D eigenvalue weighted by molar-refractivity contribution is 8.00. The number of carbonyl (C=O) groups is 2. The number of benzene rings is 2. The van der Waals surface area contributed by atoms with Gasteiger partial charge in [-0.1, -0.05) is 30.3 Å². The van der Waals surface area contributed by atoms with Gasteiger partial charge in [-0.3, -0.25) is 9.59 Å². The molecule has 28 heavy (non-hydrogen) atoms. The summed E-state index contributed by atoms with van der Waals surface area (Å²) in [6, 6.07) is 12.2. The van der Waals surface area contributed by atoms with Crippen LogP contribution in [0.25, 0.3) is 11.1 Å². The first-order valence-electron chi connectivity index (χ1n) is 8.71. The Morgan fingerprint density at radius 3 is 2.46 bits per heavy atom. The number of thioether (sulfide) groups is 1. The van der Waals surface area contributed by atoms with Crippen molar-refractivity contribution < 1.29 is 23.1 Å². The van der Waals surface area contributed by atoms with E-state index in [-0.39, 0.29) is 11.4 Å². The second kappa shape index (κ2) is 7.69. The van der Waals surface area contributed by atoms with E-state index in [1.165, 1.54) is 23.9 Å². The molecule has 1 atom stereocenters. The van der Waals surface area contributed by atoms with Crippen molar-refractivity contribution in [3.8, 4) is 11.1 Å². The van der Waals surface area contributed by atoms with Crippen molar-refractivity contribution >= 4 is 34.0 Å². The van der Waals surface area contributed by atoms with Crippen molar-refractivity contribution in [2.75, 3.05) is 12.3 Å². The zero-order valence-electron chi connectivity index (χ0n) is 15.5. The van der Waals surface area contributed by atoms with Gasteiger partial charge in [0.15, 0.2) is 0 Å². The molecule has 1 fully saturated rings. The lowest BCUT2D eigenvalue weighted by atomic mass is 10.0. The predicted octanol–water partition coefficient (Wildman–Crippen LogP) is 3.14. The summed E-state index contributed by atoms with van der Waals surface area (Å²) < 4.78 is 26.7. The van der Waals surface area contributed by atoms with Gasteiger partial charge in [-0.15, -0.1) is 0 Å². The molecule has 1 aliphatic heterocycles. The molecule has 1 saturated heterocycles. The van der Waals surface area contributed by atoms with Crippen LogP contribution < -0.4 is 0 Å². The molecular weight excluding hydrogens is 398 g/mol. The van der Waals surface area contributed by atoms with Crippen LogP contribution in [0.4, 0.5) is 0 Å². The number of carboxylic acid groups (broad SMARTS) is 1. The van der Waals surface area contributed by atoms with Gasteiger partial charge < -0.3 is 5.11 Å². The molecule has 2 aromatic carbocycles. The van der Waals surface area contributed by atoms with Crippen LogP contribution in [0, 0.1) is 0 Å². The van der Waals surface area contributed by atoms with Gasteiger partial charge >= 0.3 is 5.97 Å². The van der Waals surface area contributed by atoms with E-state index >= 15 is 0 Å². The van der Waals surface area contributed by atoms with E-state index in [0.717, 1.165) is 21.7 Å². The molecule has 1 aliphatic rings. The molecular formula is C20H21NO5S2.